The van der Waals surface area contributed by atoms with E-state index < -0.39 is 23.9 Å². The molecule has 8 nitrogen and oxygen atoms in total. The van der Waals surface area contributed by atoms with Crippen molar-refractivity contribution in [2.24, 2.45) is 0 Å². The lowest BCUT2D eigenvalue weighted by Gasteiger charge is -2.01. The van der Waals surface area contributed by atoms with Gasteiger partial charge in [-0.2, -0.15) is 0 Å². The maximum atomic E-state index is 11.4. The maximum Gasteiger partial charge on any atom is 0.345 e. The fraction of sp³-hybridized carbons (Fsp3) is 0.143. The van der Waals surface area contributed by atoms with Crippen molar-refractivity contribution in [2.45, 2.75) is 25.7 Å². The quantitative estimate of drug-likeness (QED) is 0.106. The molecule has 0 unspecified atom stereocenters. The summed E-state index contributed by atoms with van der Waals surface area (Å²) in [5, 5.41) is 37.2. The van der Waals surface area contributed by atoms with Crippen LogP contribution in [0, 0.1) is 0 Å². The molecule has 5 rings (SSSR count). The number of rotatable bonds is 12. The first-order chi connectivity index (χ1) is 19.6. The summed E-state index contributed by atoms with van der Waals surface area (Å²) < 4.78 is 0. The van der Waals surface area contributed by atoms with Crippen LogP contribution >= 0.6 is 56.7 Å². The van der Waals surface area contributed by atoms with E-state index in [0.717, 1.165) is 50.1 Å². The Kier molecular flexibility index (Phi) is 8.52. The van der Waals surface area contributed by atoms with Crippen LogP contribution in [0.1, 0.15) is 43.3 Å². The topological polar surface area (TPSA) is 149 Å². The van der Waals surface area contributed by atoms with Gasteiger partial charge in [0.25, 0.3) is 0 Å². The van der Waals surface area contributed by atoms with Crippen LogP contribution in [-0.4, -0.2) is 44.3 Å². The first kappa shape index (κ1) is 28.9. The van der Waals surface area contributed by atoms with Crippen LogP contribution in [0.3, 0.4) is 0 Å². The monoisotopic (exact) mass is 644 g/mol. The summed E-state index contributed by atoms with van der Waals surface area (Å²) in [5.41, 5.74) is 1.73. The molecule has 0 saturated carbocycles. The van der Waals surface area contributed by atoms with Crippen molar-refractivity contribution >= 4 is 80.6 Å². The van der Waals surface area contributed by atoms with Crippen LogP contribution in [0.5, 0.6) is 0 Å². The van der Waals surface area contributed by atoms with Gasteiger partial charge in [0.15, 0.2) is 0 Å². The molecule has 4 N–H and O–H groups in total. The minimum absolute atomic E-state index is 0.0427. The highest BCUT2D eigenvalue weighted by atomic mass is 32.1. The summed E-state index contributed by atoms with van der Waals surface area (Å²) in [6, 6.07) is 14.4. The predicted molar refractivity (Wildman–Crippen MR) is 163 cm³/mol. The standard InChI is InChI=1S/C28H20O8S5/c29-23(30)9-1-13-11-21(15-3-7-19(37-15)27(33)34)40-25(13)17-5-6-18(39-17)26-14(2-10-24(31)32)12-22(41-26)16-4-8-20(38-16)28(35)36/h3-8,11-12H,1-2,9-10H2,(H,29,30)(H,31,32)(H,33,34)(H,35,36). The second-order valence-electron chi connectivity index (χ2n) is 8.82. The Morgan fingerprint density at radius 3 is 1.22 bits per heavy atom. The molecule has 5 aromatic heterocycles. The van der Waals surface area contributed by atoms with E-state index in [9.17, 15) is 39.6 Å². The average molecular weight is 645 g/mol. The van der Waals surface area contributed by atoms with Crippen molar-refractivity contribution < 1.29 is 39.6 Å². The second-order valence-corrected chi connectivity index (χ2v) is 14.2. The molecule has 0 fully saturated rings. The van der Waals surface area contributed by atoms with Crippen molar-refractivity contribution in [2.75, 3.05) is 0 Å². The molecule has 0 spiro atoms. The molecule has 0 atom stereocenters. The van der Waals surface area contributed by atoms with Crippen LogP contribution < -0.4 is 0 Å². The number of aryl methyl sites for hydroxylation is 2. The molecule has 0 aliphatic rings. The van der Waals surface area contributed by atoms with Crippen molar-refractivity contribution in [3.8, 4) is 39.0 Å². The number of thiophene rings is 5. The molecule has 0 saturated heterocycles. The molecular weight excluding hydrogens is 625 g/mol. The van der Waals surface area contributed by atoms with E-state index in [1.165, 1.54) is 56.7 Å². The van der Waals surface area contributed by atoms with Crippen LogP contribution in [0.25, 0.3) is 39.0 Å². The molecule has 13 heteroatoms. The zero-order valence-electron chi connectivity index (χ0n) is 20.9. The lowest BCUT2D eigenvalue weighted by molar-refractivity contribution is -0.138. The summed E-state index contributed by atoms with van der Waals surface area (Å²) >= 11 is 6.82. The van der Waals surface area contributed by atoms with Gasteiger partial charge in [-0.05, 0) is 72.5 Å². The SMILES string of the molecule is O=C(O)CCc1cc(-c2ccc(C(=O)O)s2)sc1-c1ccc(-c2sc(-c3ccc(C(=O)O)s3)cc2CCC(=O)O)s1. The molecule has 0 aromatic carbocycles. The van der Waals surface area contributed by atoms with Crippen molar-refractivity contribution in [1.29, 1.82) is 0 Å². The van der Waals surface area contributed by atoms with E-state index in [1.54, 1.807) is 24.3 Å². The number of aliphatic carboxylic acids is 2. The van der Waals surface area contributed by atoms with E-state index in [2.05, 4.69) is 0 Å². The Morgan fingerprint density at radius 2 is 0.878 bits per heavy atom. The highest BCUT2D eigenvalue weighted by molar-refractivity contribution is 7.30. The highest BCUT2D eigenvalue weighted by Gasteiger charge is 2.21. The van der Waals surface area contributed by atoms with Crippen LogP contribution in [-0.2, 0) is 22.4 Å². The summed E-state index contributed by atoms with van der Waals surface area (Å²) in [7, 11) is 0. The Morgan fingerprint density at radius 1 is 0.488 bits per heavy atom. The molecule has 0 radical (unpaired) electrons. The van der Waals surface area contributed by atoms with Gasteiger partial charge in [-0.3, -0.25) is 9.59 Å². The van der Waals surface area contributed by atoms with E-state index in [-0.39, 0.29) is 22.6 Å². The lowest BCUT2D eigenvalue weighted by atomic mass is 10.1. The summed E-state index contributed by atoms with van der Waals surface area (Å²) in [6.45, 7) is 0. The van der Waals surface area contributed by atoms with E-state index in [1.807, 2.05) is 24.3 Å². The van der Waals surface area contributed by atoms with Gasteiger partial charge in [-0.1, -0.05) is 0 Å². The van der Waals surface area contributed by atoms with Crippen molar-refractivity contribution in [1.82, 2.24) is 0 Å². The van der Waals surface area contributed by atoms with Gasteiger partial charge in [-0.25, -0.2) is 9.59 Å². The molecule has 0 aliphatic carbocycles. The summed E-state index contributed by atoms with van der Waals surface area (Å²) in [5.74, 6) is -3.81. The third-order valence-electron chi connectivity index (χ3n) is 6.01. The van der Waals surface area contributed by atoms with Crippen LogP contribution in [0.4, 0.5) is 0 Å². The number of carboxylic acids is 4. The zero-order valence-corrected chi connectivity index (χ0v) is 25.0. The van der Waals surface area contributed by atoms with Crippen molar-refractivity contribution in [3.05, 3.63) is 69.4 Å². The van der Waals surface area contributed by atoms with E-state index in [0.29, 0.717) is 12.8 Å². The van der Waals surface area contributed by atoms with E-state index >= 15 is 0 Å². The lowest BCUT2D eigenvalue weighted by Crippen LogP contribution is -1.97. The zero-order chi connectivity index (χ0) is 29.3. The smallest absolute Gasteiger partial charge is 0.345 e. The van der Waals surface area contributed by atoms with Crippen molar-refractivity contribution in [3.63, 3.8) is 0 Å². The third-order valence-corrected chi connectivity index (χ3v) is 12.3. The van der Waals surface area contributed by atoms with Gasteiger partial charge >= 0.3 is 23.9 Å². The molecule has 0 amide bonds. The molecule has 210 valence electrons. The Hall–Kier alpha value is -3.62. The maximum absolute atomic E-state index is 11.4. The second kappa shape index (κ2) is 12.1. The Balaban J connectivity index is 1.53. The Labute approximate surface area is 253 Å². The minimum Gasteiger partial charge on any atom is -0.481 e. The van der Waals surface area contributed by atoms with Gasteiger partial charge in [0, 0.05) is 51.9 Å². The fourth-order valence-electron chi connectivity index (χ4n) is 4.12. The first-order valence-electron chi connectivity index (χ1n) is 12.1. The highest BCUT2D eigenvalue weighted by Crippen LogP contribution is 2.48. The minimum atomic E-state index is -0.997. The third kappa shape index (κ3) is 6.49. The molecule has 5 aromatic rings. The fourth-order valence-corrected chi connectivity index (χ4v) is 9.69. The normalized spacial score (nSPS) is 11.1. The number of aromatic carboxylic acids is 2. The van der Waals surface area contributed by atoms with Gasteiger partial charge in [0.2, 0.25) is 0 Å². The van der Waals surface area contributed by atoms with E-state index in [4.69, 9.17) is 0 Å². The van der Waals surface area contributed by atoms with Gasteiger partial charge < -0.3 is 20.4 Å². The number of carbonyl (C=O) groups is 4. The molecule has 0 bridgehead atoms. The van der Waals surface area contributed by atoms with Crippen LogP contribution in [0.2, 0.25) is 0 Å². The molecular formula is C28H20O8S5. The van der Waals surface area contributed by atoms with Gasteiger partial charge in [-0.15, -0.1) is 56.7 Å². The largest absolute Gasteiger partial charge is 0.481 e. The first-order valence-corrected chi connectivity index (χ1v) is 16.1. The summed E-state index contributed by atoms with van der Waals surface area (Å²) in [4.78, 5) is 52.9. The van der Waals surface area contributed by atoms with Gasteiger partial charge in [0.05, 0.1) is 0 Å². The molecule has 0 aliphatic heterocycles. The predicted octanol–water partition coefficient (Wildman–Crippen LogP) is 8.09. The molecule has 5 heterocycles. The Bertz CT molecular complexity index is 1650. The number of hydrogen-bond acceptors (Lipinski definition) is 9. The summed E-state index contributed by atoms with van der Waals surface area (Å²) in [6.07, 6.45) is 0.559. The number of carboxylic acid groups (broad SMARTS) is 4. The molecule has 41 heavy (non-hydrogen) atoms. The average Bonchev–Trinajstić information content (AvgIpc) is 3.74. The van der Waals surface area contributed by atoms with Crippen LogP contribution in [0.15, 0.2) is 48.5 Å². The van der Waals surface area contributed by atoms with Gasteiger partial charge in [0.1, 0.15) is 9.75 Å². The number of hydrogen-bond donors (Lipinski definition) is 4.